The van der Waals surface area contributed by atoms with Gasteiger partial charge in [0.2, 0.25) is 0 Å². The molecule has 0 bridgehead atoms. The molecule has 0 spiro atoms. The van der Waals surface area contributed by atoms with Crippen molar-refractivity contribution in [3.8, 4) is 0 Å². The van der Waals surface area contributed by atoms with Crippen molar-refractivity contribution in [3.63, 3.8) is 0 Å². The summed E-state index contributed by atoms with van der Waals surface area (Å²) in [5.74, 6) is -0.349. The maximum Gasteiger partial charge on any atom is 0.317 e. The SMILES string of the molecule is CCN(CC)C(=O)NCC(O)c1ccc(F)cc1. The quantitative estimate of drug-likeness (QED) is 0.843. The van der Waals surface area contributed by atoms with Crippen molar-refractivity contribution in [2.45, 2.75) is 20.0 Å². The van der Waals surface area contributed by atoms with Gasteiger partial charge in [-0.05, 0) is 31.5 Å². The first-order valence-corrected chi connectivity index (χ1v) is 6.04. The molecule has 0 aromatic heterocycles. The van der Waals surface area contributed by atoms with Crippen LogP contribution in [0.1, 0.15) is 25.5 Å². The van der Waals surface area contributed by atoms with Gasteiger partial charge in [-0.3, -0.25) is 0 Å². The number of urea groups is 1. The minimum Gasteiger partial charge on any atom is -0.387 e. The lowest BCUT2D eigenvalue weighted by Crippen LogP contribution is -2.41. The molecule has 1 aromatic rings. The fraction of sp³-hybridized carbons (Fsp3) is 0.462. The predicted molar refractivity (Wildman–Crippen MR) is 67.7 cm³/mol. The summed E-state index contributed by atoms with van der Waals surface area (Å²) >= 11 is 0. The molecular formula is C13H19FN2O2. The number of hydrogen-bond donors (Lipinski definition) is 2. The number of rotatable bonds is 5. The Morgan fingerprint density at radius 1 is 1.33 bits per heavy atom. The van der Waals surface area contributed by atoms with E-state index in [0.717, 1.165) is 0 Å². The Bertz CT molecular complexity index is 377. The van der Waals surface area contributed by atoms with Gasteiger partial charge in [-0.2, -0.15) is 0 Å². The second-order valence-corrected chi connectivity index (χ2v) is 3.93. The van der Waals surface area contributed by atoms with Gasteiger partial charge in [0.15, 0.2) is 0 Å². The lowest BCUT2D eigenvalue weighted by molar-refractivity contribution is 0.163. The number of amides is 2. The van der Waals surface area contributed by atoms with Crippen molar-refractivity contribution >= 4 is 6.03 Å². The van der Waals surface area contributed by atoms with E-state index in [1.165, 1.54) is 24.3 Å². The molecule has 1 unspecified atom stereocenters. The average Bonchev–Trinajstić information content (AvgIpc) is 2.38. The number of halogens is 1. The van der Waals surface area contributed by atoms with Crippen molar-refractivity contribution in [2.75, 3.05) is 19.6 Å². The third-order valence-corrected chi connectivity index (χ3v) is 2.75. The molecule has 100 valence electrons. The summed E-state index contributed by atoms with van der Waals surface area (Å²) in [6.07, 6.45) is -0.829. The normalized spacial score (nSPS) is 12.0. The number of aliphatic hydroxyl groups is 1. The van der Waals surface area contributed by atoms with E-state index in [0.29, 0.717) is 18.7 Å². The zero-order valence-corrected chi connectivity index (χ0v) is 10.7. The highest BCUT2D eigenvalue weighted by Gasteiger charge is 2.12. The third kappa shape index (κ3) is 4.00. The number of nitrogens with one attached hydrogen (secondary N) is 1. The number of carbonyl (C=O) groups is 1. The lowest BCUT2D eigenvalue weighted by Gasteiger charge is -2.20. The van der Waals surface area contributed by atoms with Crippen LogP contribution < -0.4 is 5.32 Å². The van der Waals surface area contributed by atoms with E-state index in [4.69, 9.17) is 0 Å². The van der Waals surface area contributed by atoms with E-state index in [1.54, 1.807) is 4.90 Å². The van der Waals surface area contributed by atoms with E-state index in [2.05, 4.69) is 5.32 Å². The van der Waals surface area contributed by atoms with Crippen LogP contribution in [0, 0.1) is 5.82 Å². The van der Waals surface area contributed by atoms with Gasteiger partial charge in [0.25, 0.3) is 0 Å². The number of nitrogens with zero attached hydrogens (tertiary/aromatic N) is 1. The molecule has 2 N–H and O–H groups in total. The molecular weight excluding hydrogens is 235 g/mol. The van der Waals surface area contributed by atoms with Crippen LogP contribution in [0.3, 0.4) is 0 Å². The maximum absolute atomic E-state index is 12.7. The van der Waals surface area contributed by atoms with Gasteiger partial charge < -0.3 is 15.3 Å². The van der Waals surface area contributed by atoms with Gasteiger partial charge >= 0.3 is 6.03 Å². The van der Waals surface area contributed by atoms with Crippen LogP contribution in [0.4, 0.5) is 9.18 Å². The van der Waals surface area contributed by atoms with E-state index >= 15 is 0 Å². The molecule has 0 heterocycles. The van der Waals surface area contributed by atoms with Crippen molar-refractivity contribution < 1.29 is 14.3 Å². The zero-order chi connectivity index (χ0) is 13.5. The second-order valence-electron chi connectivity index (χ2n) is 3.93. The molecule has 1 atom stereocenters. The summed E-state index contributed by atoms with van der Waals surface area (Å²) in [6, 6.07) is 5.36. The summed E-state index contributed by atoms with van der Waals surface area (Å²) in [7, 11) is 0. The lowest BCUT2D eigenvalue weighted by atomic mass is 10.1. The molecule has 0 fully saturated rings. The highest BCUT2D eigenvalue weighted by molar-refractivity contribution is 5.74. The summed E-state index contributed by atoms with van der Waals surface area (Å²) in [6.45, 7) is 5.13. The molecule has 1 rings (SSSR count). The molecule has 18 heavy (non-hydrogen) atoms. The molecule has 0 aliphatic heterocycles. The number of carbonyl (C=O) groups excluding carboxylic acids is 1. The van der Waals surface area contributed by atoms with Crippen LogP contribution in [0.25, 0.3) is 0 Å². The van der Waals surface area contributed by atoms with Gasteiger partial charge in [0.1, 0.15) is 5.82 Å². The zero-order valence-electron chi connectivity index (χ0n) is 10.7. The largest absolute Gasteiger partial charge is 0.387 e. The van der Waals surface area contributed by atoms with Gasteiger partial charge in [0.05, 0.1) is 6.10 Å². The molecule has 0 radical (unpaired) electrons. The topological polar surface area (TPSA) is 52.6 Å². The maximum atomic E-state index is 12.7. The molecule has 2 amide bonds. The summed E-state index contributed by atoms with van der Waals surface area (Å²) in [5.41, 5.74) is 0.580. The van der Waals surface area contributed by atoms with Gasteiger partial charge in [0, 0.05) is 19.6 Å². The highest BCUT2D eigenvalue weighted by Crippen LogP contribution is 2.12. The Hall–Kier alpha value is -1.62. The predicted octanol–water partition coefficient (Wildman–Crippen LogP) is 1.91. The van der Waals surface area contributed by atoms with Crippen molar-refractivity contribution in [2.24, 2.45) is 0 Å². The molecule has 0 saturated heterocycles. The van der Waals surface area contributed by atoms with Crippen molar-refractivity contribution in [1.82, 2.24) is 10.2 Å². The second kappa shape index (κ2) is 6.96. The fourth-order valence-corrected chi connectivity index (χ4v) is 1.61. The summed E-state index contributed by atoms with van der Waals surface area (Å²) < 4.78 is 12.7. The van der Waals surface area contributed by atoms with Crippen LogP contribution in [-0.4, -0.2) is 35.7 Å². The first-order chi connectivity index (χ1) is 8.58. The van der Waals surface area contributed by atoms with Gasteiger partial charge in [-0.25, -0.2) is 9.18 Å². The van der Waals surface area contributed by atoms with E-state index in [-0.39, 0.29) is 18.4 Å². The van der Waals surface area contributed by atoms with Gasteiger partial charge in [-0.15, -0.1) is 0 Å². The summed E-state index contributed by atoms with van der Waals surface area (Å²) in [4.78, 5) is 13.3. The van der Waals surface area contributed by atoms with Crippen LogP contribution in [-0.2, 0) is 0 Å². The van der Waals surface area contributed by atoms with Crippen LogP contribution in [0.2, 0.25) is 0 Å². The number of hydrogen-bond acceptors (Lipinski definition) is 2. The van der Waals surface area contributed by atoms with E-state index in [9.17, 15) is 14.3 Å². The number of aliphatic hydroxyl groups excluding tert-OH is 1. The fourth-order valence-electron chi connectivity index (χ4n) is 1.61. The Kier molecular flexibility index (Phi) is 5.58. The smallest absolute Gasteiger partial charge is 0.317 e. The Labute approximate surface area is 106 Å². The monoisotopic (exact) mass is 254 g/mol. The van der Waals surface area contributed by atoms with Gasteiger partial charge in [-0.1, -0.05) is 12.1 Å². The van der Waals surface area contributed by atoms with Crippen LogP contribution >= 0.6 is 0 Å². The molecule has 0 aliphatic rings. The Morgan fingerprint density at radius 2 is 1.89 bits per heavy atom. The first kappa shape index (κ1) is 14.4. The van der Waals surface area contributed by atoms with Crippen molar-refractivity contribution in [1.29, 1.82) is 0 Å². The first-order valence-electron chi connectivity index (χ1n) is 6.04. The Balaban J connectivity index is 2.48. The van der Waals surface area contributed by atoms with E-state index < -0.39 is 6.10 Å². The Morgan fingerprint density at radius 3 is 2.39 bits per heavy atom. The minimum absolute atomic E-state index is 0.112. The number of benzene rings is 1. The molecule has 5 heteroatoms. The third-order valence-electron chi connectivity index (χ3n) is 2.75. The van der Waals surface area contributed by atoms with Crippen molar-refractivity contribution in [3.05, 3.63) is 35.6 Å². The molecule has 4 nitrogen and oxygen atoms in total. The van der Waals surface area contributed by atoms with Crippen LogP contribution in [0.15, 0.2) is 24.3 Å². The highest BCUT2D eigenvalue weighted by atomic mass is 19.1. The minimum atomic E-state index is -0.829. The summed E-state index contributed by atoms with van der Waals surface area (Å²) in [5, 5.41) is 12.5. The standard InChI is InChI=1S/C13H19FN2O2/c1-3-16(4-2)13(18)15-9-12(17)10-5-7-11(14)8-6-10/h5-8,12,17H,3-4,9H2,1-2H3,(H,15,18). The molecule has 0 saturated carbocycles. The average molecular weight is 254 g/mol. The molecule has 0 aliphatic carbocycles. The van der Waals surface area contributed by atoms with E-state index in [1.807, 2.05) is 13.8 Å². The van der Waals surface area contributed by atoms with Crippen LogP contribution in [0.5, 0.6) is 0 Å². The molecule has 1 aromatic carbocycles.